The van der Waals surface area contributed by atoms with Crippen LogP contribution in [0.5, 0.6) is 0 Å². The first-order chi connectivity index (χ1) is 9.52. The molecular formula is C10H14BrN5O5. The number of aliphatic hydroxyl groups is 3. The van der Waals surface area contributed by atoms with E-state index >= 15 is 0 Å². The molecule has 0 amide bonds. The molecule has 0 spiro atoms. The maximum atomic E-state index is 11.7. The number of aromatic nitrogens is 4. The summed E-state index contributed by atoms with van der Waals surface area (Å²) >= 11 is 0. The highest BCUT2D eigenvalue weighted by Gasteiger charge is 2.44. The predicted molar refractivity (Wildman–Crippen MR) is 75.9 cm³/mol. The first kappa shape index (κ1) is 15.9. The molecule has 10 nitrogen and oxygen atoms in total. The van der Waals surface area contributed by atoms with Gasteiger partial charge in [-0.3, -0.25) is 14.3 Å². The number of nitrogens with zero attached hydrogens (tertiary/aromatic N) is 3. The molecule has 0 bridgehead atoms. The van der Waals surface area contributed by atoms with Crippen molar-refractivity contribution in [2.24, 2.45) is 0 Å². The number of anilines is 1. The Labute approximate surface area is 128 Å². The SMILES string of the molecule is Br.Nc1nc2c(ncn2[C@@H]2O[C@H](CO)[C@@H](O)[C@H]2O)c(=O)[nH]1. The van der Waals surface area contributed by atoms with Crippen molar-refractivity contribution in [2.45, 2.75) is 24.5 Å². The molecule has 116 valence electrons. The Bertz CT molecular complexity index is 703. The fourth-order valence-electron chi connectivity index (χ4n) is 2.24. The van der Waals surface area contributed by atoms with Crippen LogP contribution in [0.1, 0.15) is 6.23 Å². The minimum absolute atomic E-state index is 0. The largest absolute Gasteiger partial charge is 0.394 e. The molecule has 1 saturated heterocycles. The lowest BCUT2D eigenvalue weighted by molar-refractivity contribution is -0.0511. The van der Waals surface area contributed by atoms with Gasteiger partial charge in [0.2, 0.25) is 5.95 Å². The van der Waals surface area contributed by atoms with Crippen molar-refractivity contribution in [3.05, 3.63) is 16.7 Å². The molecule has 1 aliphatic rings. The van der Waals surface area contributed by atoms with Gasteiger partial charge in [-0.15, -0.1) is 17.0 Å². The average Bonchev–Trinajstić information content (AvgIpc) is 2.93. The second kappa shape index (κ2) is 5.69. The molecule has 0 unspecified atom stereocenters. The number of aliphatic hydroxyl groups excluding tert-OH is 3. The highest BCUT2D eigenvalue weighted by atomic mass is 79.9. The smallest absolute Gasteiger partial charge is 0.280 e. The summed E-state index contributed by atoms with van der Waals surface area (Å²) in [5, 5.41) is 28.7. The van der Waals surface area contributed by atoms with Crippen molar-refractivity contribution < 1.29 is 20.1 Å². The predicted octanol–water partition coefficient (Wildman–Crippen LogP) is -2.11. The zero-order valence-electron chi connectivity index (χ0n) is 10.6. The highest BCUT2D eigenvalue weighted by molar-refractivity contribution is 8.93. The van der Waals surface area contributed by atoms with Gasteiger partial charge >= 0.3 is 0 Å². The maximum Gasteiger partial charge on any atom is 0.280 e. The van der Waals surface area contributed by atoms with Crippen molar-refractivity contribution >= 4 is 34.1 Å². The van der Waals surface area contributed by atoms with Crippen LogP contribution in [-0.2, 0) is 4.74 Å². The topological polar surface area (TPSA) is 160 Å². The Hall–Kier alpha value is -1.53. The Morgan fingerprint density at radius 1 is 1.43 bits per heavy atom. The Kier molecular flexibility index (Phi) is 4.30. The van der Waals surface area contributed by atoms with Crippen LogP contribution in [0, 0.1) is 0 Å². The maximum absolute atomic E-state index is 11.7. The molecule has 1 aliphatic heterocycles. The number of halogens is 1. The lowest BCUT2D eigenvalue weighted by Crippen LogP contribution is -2.33. The van der Waals surface area contributed by atoms with Crippen LogP contribution in [0.4, 0.5) is 5.95 Å². The molecule has 0 aromatic carbocycles. The fourth-order valence-corrected chi connectivity index (χ4v) is 2.24. The van der Waals surface area contributed by atoms with Gasteiger partial charge in [0.1, 0.15) is 18.3 Å². The molecule has 0 radical (unpaired) electrons. The zero-order valence-corrected chi connectivity index (χ0v) is 12.3. The molecule has 11 heteroatoms. The quantitative estimate of drug-likeness (QED) is 0.405. The summed E-state index contributed by atoms with van der Waals surface area (Å²) in [5.74, 6) is -0.101. The second-order valence-corrected chi connectivity index (χ2v) is 4.50. The molecule has 0 aliphatic carbocycles. The summed E-state index contributed by atoms with van der Waals surface area (Å²) in [6.45, 7) is -0.447. The van der Waals surface area contributed by atoms with E-state index in [4.69, 9.17) is 15.6 Å². The van der Waals surface area contributed by atoms with Gasteiger partial charge in [-0.05, 0) is 0 Å². The molecule has 6 N–H and O–H groups in total. The van der Waals surface area contributed by atoms with Gasteiger partial charge in [0, 0.05) is 0 Å². The Morgan fingerprint density at radius 2 is 2.14 bits per heavy atom. The number of aromatic amines is 1. The second-order valence-electron chi connectivity index (χ2n) is 4.50. The first-order valence-corrected chi connectivity index (χ1v) is 5.87. The first-order valence-electron chi connectivity index (χ1n) is 5.87. The average molecular weight is 364 g/mol. The van der Waals surface area contributed by atoms with Crippen molar-refractivity contribution in [1.29, 1.82) is 0 Å². The third-order valence-corrected chi connectivity index (χ3v) is 3.24. The molecule has 21 heavy (non-hydrogen) atoms. The number of H-pyrrole nitrogens is 1. The molecule has 0 saturated carbocycles. The van der Waals surface area contributed by atoms with Gasteiger partial charge in [0.15, 0.2) is 17.4 Å². The number of nitrogens with one attached hydrogen (secondary N) is 1. The number of fused-ring (bicyclic) bond motifs is 1. The van der Waals surface area contributed by atoms with Crippen LogP contribution in [0.3, 0.4) is 0 Å². The summed E-state index contributed by atoms with van der Waals surface area (Å²) in [6.07, 6.45) is -3.21. The van der Waals surface area contributed by atoms with E-state index < -0.39 is 36.7 Å². The molecular weight excluding hydrogens is 350 g/mol. The molecule has 3 heterocycles. The standard InChI is InChI=1S/C10H13N5O5.BrH/c11-10-13-7-4(8(19)14-10)12-2-15(7)9-6(18)5(17)3(1-16)20-9;/h2-3,5-6,9,16-18H,1H2,(H3,11,13,14,19);1H/t3-,5-,6-,9-;/m1./s1. The number of imidazole rings is 1. The van der Waals surface area contributed by atoms with E-state index in [-0.39, 0.29) is 34.1 Å². The monoisotopic (exact) mass is 363 g/mol. The minimum Gasteiger partial charge on any atom is -0.394 e. The molecule has 1 fully saturated rings. The molecule has 3 rings (SSSR count). The minimum atomic E-state index is -1.29. The fraction of sp³-hybridized carbons (Fsp3) is 0.500. The Balaban J connectivity index is 0.00000161. The van der Waals surface area contributed by atoms with Crippen molar-refractivity contribution in [3.63, 3.8) is 0 Å². The van der Waals surface area contributed by atoms with Gasteiger partial charge in [-0.1, -0.05) is 0 Å². The third-order valence-electron chi connectivity index (χ3n) is 3.24. The van der Waals surface area contributed by atoms with Gasteiger partial charge in [0.05, 0.1) is 12.9 Å². The van der Waals surface area contributed by atoms with E-state index in [0.717, 1.165) is 0 Å². The number of ether oxygens (including phenoxy) is 1. The highest BCUT2D eigenvalue weighted by Crippen LogP contribution is 2.30. The van der Waals surface area contributed by atoms with Crippen LogP contribution < -0.4 is 11.3 Å². The molecule has 4 atom stereocenters. The van der Waals surface area contributed by atoms with Gasteiger partial charge in [-0.25, -0.2) is 4.98 Å². The van der Waals surface area contributed by atoms with E-state index in [2.05, 4.69) is 15.0 Å². The van der Waals surface area contributed by atoms with Crippen molar-refractivity contribution in [1.82, 2.24) is 19.5 Å². The van der Waals surface area contributed by atoms with Crippen LogP contribution in [0.2, 0.25) is 0 Å². The van der Waals surface area contributed by atoms with Crippen LogP contribution in [0.15, 0.2) is 11.1 Å². The molecule has 2 aromatic heterocycles. The van der Waals surface area contributed by atoms with Crippen LogP contribution in [0.25, 0.3) is 11.2 Å². The summed E-state index contributed by atoms with van der Waals surface area (Å²) in [4.78, 5) is 21.8. The number of hydrogen-bond acceptors (Lipinski definition) is 8. The summed E-state index contributed by atoms with van der Waals surface area (Å²) < 4.78 is 6.64. The molecule has 2 aromatic rings. The van der Waals surface area contributed by atoms with Gasteiger partial charge in [-0.2, -0.15) is 4.98 Å². The number of hydrogen-bond donors (Lipinski definition) is 5. The van der Waals surface area contributed by atoms with E-state index in [0.29, 0.717) is 0 Å². The Morgan fingerprint density at radius 3 is 2.76 bits per heavy atom. The van der Waals surface area contributed by atoms with Gasteiger partial charge in [0.25, 0.3) is 5.56 Å². The normalized spacial score (nSPS) is 28.7. The van der Waals surface area contributed by atoms with Crippen LogP contribution >= 0.6 is 17.0 Å². The zero-order chi connectivity index (χ0) is 14.4. The van der Waals surface area contributed by atoms with Crippen molar-refractivity contribution in [3.8, 4) is 0 Å². The summed E-state index contributed by atoms with van der Waals surface area (Å²) in [6, 6.07) is 0. The summed E-state index contributed by atoms with van der Waals surface area (Å²) in [7, 11) is 0. The summed E-state index contributed by atoms with van der Waals surface area (Å²) in [5.41, 5.74) is 5.12. The lowest BCUT2D eigenvalue weighted by Gasteiger charge is -2.16. The van der Waals surface area contributed by atoms with Crippen LogP contribution in [-0.4, -0.2) is 59.8 Å². The lowest BCUT2D eigenvalue weighted by atomic mass is 10.1. The number of nitrogen functional groups attached to an aromatic ring is 1. The van der Waals surface area contributed by atoms with E-state index in [9.17, 15) is 15.0 Å². The number of nitrogens with two attached hydrogens (primary N) is 1. The third kappa shape index (κ3) is 2.42. The van der Waals surface area contributed by atoms with E-state index in [1.807, 2.05) is 0 Å². The van der Waals surface area contributed by atoms with E-state index in [1.54, 1.807) is 0 Å². The van der Waals surface area contributed by atoms with Crippen molar-refractivity contribution in [2.75, 3.05) is 12.3 Å². The van der Waals surface area contributed by atoms with E-state index in [1.165, 1.54) is 10.9 Å². The number of rotatable bonds is 2. The van der Waals surface area contributed by atoms with Gasteiger partial charge < -0.3 is 25.8 Å².